The number of carbonyl (C=O) groups excluding carboxylic acids is 2. The summed E-state index contributed by atoms with van der Waals surface area (Å²) in [6, 6.07) is 0. The van der Waals surface area contributed by atoms with E-state index in [4.69, 9.17) is 18.5 Å². The van der Waals surface area contributed by atoms with Crippen LogP contribution in [0.25, 0.3) is 0 Å². The Bertz CT molecular complexity index is 2170. The first-order valence-electron chi connectivity index (χ1n) is 35.5. The van der Waals surface area contributed by atoms with Gasteiger partial charge in [-0.3, -0.25) is 14.2 Å². The summed E-state index contributed by atoms with van der Waals surface area (Å²) in [4.78, 5) is 38.1. The van der Waals surface area contributed by atoms with E-state index < -0.39 is 32.5 Å². The van der Waals surface area contributed by atoms with Crippen molar-refractivity contribution >= 4 is 19.8 Å². The Morgan fingerprint density at radius 3 is 0.889 bits per heavy atom. The molecule has 10 heteroatoms. The van der Waals surface area contributed by atoms with E-state index in [9.17, 15) is 19.0 Å². The largest absolute Gasteiger partial charge is 0.756 e. The van der Waals surface area contributed by atoms with Crippen LogP contribution in [0.15, 0.2) is 182 Å². The highest BCUT2D eigenvalue weighted by Gasteiger charge is 2.22. The molecule has 0 radical (unpaired) electrons. The number of likely N-dealkylation sites (N-methyl/N-ethyl adjacent to an activating group) is 1. The summed E-state index contributed by atoms with van der Waals surface area (Å²) >= 11 is 0. The Kier molecular flexibility index (Phi) is 64.8. The van der Waals surface area contributed by atoms with Crippen LogP contribution in [0, 0.1) is 0 Å². The van der Waals surface area contributed by atoms with Gasteiger partial charge in [0.15, 0.2) is 6.10 Å². The number of hydrogen-bond donors (Lipinski definition) is 0. The zero-order valence-corrected chi connectivity index (χ0v) is 58.7. The molecule has 0 fully saturated rings. The highest BCUT2D eigenvalue weighted by atomic mass is 31.2. The van der Waals surface area contributed by atoms with Gasteiger partial charge in [-0.2, -0.15) is 0 Å². The molecule has 0 spiro atoms. The van der Waals surface area contributed by atoms with Crippen molar-refractivity contribution in [3.05, 3.63) is 182 Å². The fraction of sp³-hybridized carbons (Fsp3) is 0.600. The SMILES string of the molecule is CC/C=C\C/C=C\C/C=C\C/C=C\C/C=C\C/C=C\C/C=C\C/C=C\C/C=C\C/C=C\CCCCCCCCC(=O)OC(COC(=O)CCCCCCCCCCCCCCC/C=C\C/C=C\C/C=C\C/C=C\C/C=C\CC)COP(=O)([O-])OCC[N+](C)(C)C. The zero-order valence-electron chi connectivity index (χ0n) is 57.8. The van der Waals surface area contributed by atoms with Gasteiger partial charge in [0.05, 0.1) is 27.7 Å². The van der Waals surface area contributed by atoms with Crippen LogP contribution in [-0.4, -0.2) is 70.0 Å². The Balaban J connectivity index is 4.16. The summed E-state index contributed by atoms with van der Waals surface area (Å²) < 4.78 is 34.3. The third-order valence-electron chi connectivity index (χ3n) is 14.4. The Morgan fingerprint density at radius 2 is 0.600 bits per heavy atom. The monoisotopic (exact) mass is 1260 g/mol. The topological polar surface area (TPSA) is 111 Å². The number of carbonyl (C=O) groups is 2. The van der Waals surface area contributed by atoms with Crippen LogP contribution < -0.4 is 4.89 Å². The quantitative estimate of drug-likeness (QED) is 0.0195. The molecule has 0 aliphatic rings. The molecule has 0 aromatic heterocycles. The number of phosphoric ester groups is 1. The fourth-order valence-electron chi connectivity index (χ4n) is 9.06. The Hall–Kier alpha value is -4.89. The van der Waals surface area contributed by atoms with Gasteiger partial charge < -0.3 is 27.9 Å². The predicted molar refractivity (Wildman–Crippen MR) is 387 cm³/mol. The zero-order chi connectivity index (χ0) is 65.5. The van der Waals surface area contributed by atoms with Crippen LogP contribution in [0.3, 0.4) is 0 Å². The molecule has 2 unspecified atom stereocenters. The van der Waals surface area contributed by atoms with Crippen LogP contribution >= 0.6 is 7.82 Å². The summed E-state index contributed by atoms with van der Waals surface area (Å²) in [5.41, 5.74) is 0. The minimum absolute atomic E-state index is 0.0435. The van der Waals surface area contributed by atoms with Gasteiger partial charge in [-0.05, 0) is 135 Å². The van der Waals surface area contributed by atoms with Crippen molar-refractivity contribution in [2.45, 2.75) is 264 Å². The normalized spacial score (nSPS) is 14.2. The number of ether oxygens (including phenoxy) is 2. The van der Waals surface area contributed by atoms with Crippen LogP contribution in [0.1, 0.15) is 258 Å². The molecule has 0 heterocycles. The van der Waals surface area contributed by atoms with E-state index in [2.05, 4.69) is 196 Å². The van der Waals surface area contributed by atoms with Gasteiger partial charge >= 0.3 is 11.9 Å². The smallest absolute Gasteiger partial charge is 0.306 e. The average Bonchev–Trinajstić information content (AvgIpc) is 3.58. The first-order chi connectivity index (χ1) is 44.0. The van der Waals surface area contributed by atoms with Crippen molar-refractivity contribution in [2.75, 3.05) is 47.5 Å². The minimum Gasteiger partial charge on any atom is -0.756 e. The molecule has 0 aromatic carbocycles. The van der Waals surface area contributed by atoms with Crippen molar-refractivity contribution in [3.63, 3.8) is 0 Å². The van der Waals surface area contributed by atoms with Gasteiger partial charge in [-0.15, -0.1) is 0 Å². The molecule has 0 bridgehead atoms. The summed E-state index contributed by atoms with van der Waals surface area (Å²) in [5, 5.41) is 0. The lowest BCUT2D eigenvalue weighted by Crippen LogP contribution is -2.37. The number of esters is 2. The molecule has 0 saturated carbocycles. The number of quaternary nitrogens is 1. The molecule has 9 nitrogen and oxygen atoms in total. The van der Waals surface area contributed by atoms with E-state index in [1.165, 1.54) is 64.2 Å². The first-order valence-corrected chi connectivity index (χ1v) is 37.0. The van der Waals surface area contributed by atoms with Crippen molar-refractivity contribution in [1.29, 1.82) is 0 Å². The van der Waals surface area contributed by atoms with Crippen molar-refractivity contribution in [1.82, 2.24) is 0 Å². The first kappa shape index (κ1) is 85.1. The molecule has 0 N–H and O–H groups in total. The minimum atomic E-state index is -4.66. The number of rotatable bonds is 63. The number of hydrogen-bond acceptors (Lipinski definition) is 8. The maximum Gasteiger partial charge on any atom is 0.306 e. The van der Waals surface area contributed by atoms with Gasteiger partial charge in [0.2, 0.25) is 0 Å². The van der Waals surface area contributed by atoms with Gasteiger partial charge in [-0.1, -0.05) is 292 Å². The Morgan fingerprint density at radius 1 is 0.344 bits per heavy atom. The van der Waals surface area contributed by atoms with E-state index in [0.717, 1.165) is 161 Å². The van der Waals surface area contributed by atoms with Crippen molar-refractivity contribution < 1.29 is 42.1 Å². The lowest BCUT2D eigenvalue weighted by molar-refractivity contribution is -0.870. The summed E-state index contributed by atoms with van der Waals surface area (Å²) in [7, 11) is 1.13. The second kappa shape index (κ2) is 68.5. The van der Waals surface area contributed by atoms with Crippen molar-refractivity contribution in [2.24, 2.45) is 0 Å². The van der Waals surface area contributed by atoms with Crippen LogP contribution in [0.2, 0.25) is 0 Å². The second-order valence-corrected chi connectivity index (χ2v) is 25.5. The van der Waals surface area contributed by atoms with Crippen molar-refractivity contribution in [3.8, 4) is 0 Å². The highest BCUT2D eigenvalue weighted by molar-refractivity contribution is 7.45. The fourth-order valence-corrected chi connectivity index (χ4v) is 9.79. The highest BCUT2D eigenvalue weighted by Crippen LogP contribution is 2.38. The molecule has 0 rings (SSSR count). The number of unbranched alkanes of at least 4 members (excludes halogenated alkanes) is 19. The van der Waals surface area contributed by atoms with E-state index in [-0.39, 0.29) is 26.1 Å². The Labute approximate surface area is 552 Å². The number of nitrogens with zero attached hydrogens (tertiary/aromatic N) is 1. The summed E-state index contributed by atoms with van der Waals surface area (Å²) in [5.74, 6) is -0.861. The molecule has 90 heavy (non-hydrogen) atoms. The standard InChI is InChI=1S/C80H130NO8P/c1-6-8-10-12-14-16-18-20-22-24-26-28-30-32-34-36-37-38-39-40-41-42-43-45-47-49-51-53-55-57-59-61-63-65-67-69-71-73-80(83)89-78(77-88-90(84,85)87-75-74-81(3,4)5)76-86-79(82)72-70-68-66-64-62-60-58-56-54-52-50-48-46-44-35-33-31-29-27-25-23-21-19-17-15-13-11-9-7-2/h8-11,14-17,20-23,26-29,32-35,37-38,40-41,43,45,49,51,55,57,78H,6-7,12-13,18-19,24-25,30-31,36,39,42,44,46-48,50,52-54,56,58-77H2,1-5H3/b10-8-,11-9-,16-14-,17-15-,22-20-,23-21-,28-26-,29-27-,34-32-,35-33-,38-37-,41-40-,45-43-,51-49-,57-55-. The van der Waals surface area contributed by atoms with E-state index >= 15 is 0 Å². The molecule has 2 atom stereocenters. The predicted octanol–water partition coefficient (Wildman–Crippen LogP) is 22.9. The molecule has 0 aromatic rings. The number of allylic oxidation sites excluding steroid dienone is 30. The number of phosphoric acid groups is 1. The molecular weight excluding hydrogens is 1130 g/mol. The summed E-state index contributed by atoms with van der Waals surface area (Å²) in [6.45, 7) is 3.98. The molecule has 0 saturated heterocycles. The third kappa shape index (κ3) is 72.2. The van der Waals surface area contributed by atoms with Gasteiger partial charge in [0, 0.05) is 12.8 Å². The van der Waals surface area contributed by atoms with Gasteiger partial charge in [0.1, 0.15) is 19.8 Å². The molecule has 0 aliphatic carbocycles. The maximum absolute atomic E-state index is 12.9. The third-order valence-corrected chi connectivity index (χ3v) is 15.4. The lowest BCUT2D eigenvalue weighted by Gasteiger charge is -2.28. The average molecular weight is 1260 g/mol. The second-order valence-electron chi connectivity index (χ2n) is 24.1. The van der Waals surface area contributed by atoms with Crippen LogP contribution in [0.5, 0.6) is 0 Å². The van der Waals surface area contributed by atoms with E-state index in [1.807, 2.05) is 21.1 Å². The van der Waals surface area contributed by atoms with Gasteiger partial charge in [0.25, 0.3) is 7.82 Å². The van der Waals surface area contributed by atoms with Crippen LogP contribution in [0.4, 0.5) is 0 Å². The van der Waals surface area contributed by atoms with E-state index in [0.29, 0.717) is 17.4 Å². The molecule has 0 aliphatic heterocycles. The van der Waals surface area contributed by atoms with Crippen LogP contribution in [-0.2, 0) is 32.7 Å². The molecule has 508 valence electrons. The summed E-state index contributed by atoms with van der Waals surface area (Å²) in [6.07, 6.45) is 105. The molecule has 0 amide bonds. The van der Waals surface area contributed by atoms with E-state index in [1.54, 1.807) is 0 Å². The lowest BCUT2D eigenvalue weighted by atomic mass is 10.0. The molecular formula is C80H130NO8P. The maximum atomic E-state index is 12.9. The van der Waals surface area contributed by atoms with Gasteiger partial charge in [-0.25, -0.2) is 0 Å².